The Bertz CT molecular complexity index is 758. The minimum absolute atomic E-state index is 0.211. The lowest BCUT2D eigenvalue weighted by atomic mass is 9.95. The van der Waals surface area contributed by atoms with Crippen LogP contribution in [-0.4, -0.2) is 31.2 Å². The molecule has 138 valence electrons. The lowest BCUT2D eigenvalue weighted by Gasteiger charge is -2.23. The number of amides is 1. The van der Waals surface area contributed by atoms with Crippen LogP contribution in [0.25, 0.3) is 0 Å². The normalized spacial score (nSPS) is 14.5. The Balaban J connectivity index is 1.68. The van der Waals surface area contributed by atoms with Gasteiger partial charge in [0.1, 0.15) is 0 Å². The van der Waals surface area contributed by atoms with Crippen molar-refractivity contribution in [3.05, 3.63) is 42.2 Å². The lowest BCUT2D eigenvalue weighted by molar-refractivity contribution is 0.102. The number of carbonyl (C=O) groups is 1. The Morgan fingerprint density at radius 1 is 1.00 bits per heavy atom. The molecule has 1 fully saturated rings. The molecule has 0 bridgehead atoms. The standard InChI is InChI=1S/C20H25N3O3/c1-25-18-9-8-16(11-19(18)26-2)23-20(24)14-10-17(13-21-12-14)22-15-6-4-3-5-7-15/h8-13,15,22H,3-7H2,1-2H3,(H,23,24). The molecule has 26 heavy (non-hydrogen) atoms. The van der Waals surface area contributed by atoms with Crippen LogP contribution >= 0.6 is 0 Å². The van der Waals surface area contributed by atoms with Crippen LogP contribution in [0.2, 0.25) is 0 Å². The third-order valence-corrected chi connectivity index (χ3v) is 4.62. The number of aromatic nitrogens is 1. The number of anilines is 2. The highest BCUT2D eigenvalue weighted by atomic mass is 16.5. The molecule has 0 saturated heterocycles. The molecule has 1 aromatic heterocycles. The summed E-state index contributed by atoms with van der Waals surface area (Å²) in [7, 11) is 3.14. The SMILES string of the molecule is COc1ccc(NC(=O)c2cncc(NC3CCCCC3)c2)cc1OC. The fourth-order valence-electron chi connectivity index (χ4n) is 3.24. The zero-order chi connectivity index (χ0) is 18.4. The van der Waals surface area contributed by atoms with Gasteiger partial charge in [-0.1, -0.05) is 19.3 Å². The van der Waals surface area contributed by atoms with E-state index in [0.717, 1.165) is 5.69 Å². The number of hydrogen-bond acceptors (Lipinski definition) is 5. The largest absolute Gasteiger partial charge is 0.493 e. The Morgan fingerprint density at radius 3 is 2.50 bits per heavy atom. The highest BCUT2D eigenvalue weighted by Crippen LogP contribution is 2.30. The molecule has 0 spiro atoms. The summed E-state index contributed by atoms with van der Waals surface area (Å²) in [6.07, 6.45) is 9.49. The molecular weight excluding hydrogens is 330 g/mol. The van der Waals surface area contributed by atoms with Crippen molar-refractivity contribution in [3.8, 4) is 11.5 Å². The Kier molecular flexibility index (Phi) is 5.94. The molecule has 0 atom stereocenters. The van der Waals surface area contributed by atoms with Gasteiger partial charge in [0, 0.05) is 30.2 Å². The molecule has 0 aliphatic heterocycles. The van der Waals surface area contributed by atoms with Gasteiger partial charge in [-0.2, -0.15) is 0 Å². The van der Waals surface area contributed by atoms with E-state index >= 15 is 0 Å². The topological polar surface area (TPSA) is 72.5 Å². The van der Waals surface area contributed by atoms with E-state index in [-0.39, 0.29) is 5.91 Å². The average molecular weight is 355 g/mol. The van der Waals surface area contributed by atoms with Crippen LogP contribution in [0.15, 0.2) is 36.7 Å². The van der Waals surface area contributed by atoms with Crippen molar-refractivity contribution >= 4 is 17.3 Å². The first-order valence-electron chi connectivity index (χ1n) is 8.94. The van der Waals surface area contributed by atoms with Gasteiger partial charge >= 0.3 is 0 Å². The summed E-state index contributed by atoms with van der Waals surface area (Å²) in [5.41, 5.74) is 2.04. The van der Waals surface area contributed by atoms with Crippen LogP contribution < -0.4 is 20.1 Å². The summed E-state index contributed by atoms with van der Waals surface area (Å²) < 4.78 is 10.5. The van der Waals surface area contributed by atoms with E-state index in [2.05, 4.69) is 15.6 Å². The average Bonchev–Trinajstić information content (AvgIpc) is 2.69. The van der Waals surface area contributed by atoms with Crippen molar-refractivity contribution in [1.82, 2.24) is 4.98 Å². The lowest BCUT2D eigenvalue weighted by Crippen LogP contribution is -2.22. The number of benzene rings is 1. The maximum atomic E-state index is 12.6. The molecule has 3 rings (SSSR count). The molecule has 2 aromatic rings. The molecule has 2 N–H and O–H groups in total. The number of pyridine rings is 1. The van der Waals surface area contributed by atoms with E-state index in [1.165, 1.54) is 32.1 Å². The molecule has 0 unspecified atom stereocenters. The summed E-state index contributed by atoms with van der Waals surface area (Å²) in [4.78, 5) is 16.8. The Morgan fingerprint density at radius 2 is 1.77 bits per heavy atom. The monoisotopic (exact) mass is 355 g/mol. The van der Waals surface area contributed by atoms with Crippen LogP contribution in [-0.2, 0) is 0 Å². The maximum absolute atomic E-state index is 12.6. The molecule has 1 heterocycles. The predicted molar refractivity (Wildman–Crippen MR) is 102 cm³/mol. The number of carbonyl (C=O) groups excluding carboxylic acids is 1. The zero-order valence-corrected chi connectivity index (χ0v) is 15.2. The van der Waals surface area contributed by atoms with Crippen molar-refractivity contribution in [2.75, 3.05) is 24.9 Å². The Labute approximate surface area is 153 Å². The second-order valence-corrected chi connectivity index (χ2v) is 6.47. The first kappa shape index (κ1) is 18.0. The second kappa shape index (κ2) is 8.56. The van der Waals surface area contributed by atoms with Gasteiger partial charge in [0.25, 0.3) is 5.91 Å². The van der Waals surface area contributed by atoms with Gasteiger partial charge in [0.15, 0.2) is 11.5 Å². The van der Waals surface area contributed by atoms with Gasteiger partial charge < -0.3 is 20.1 Å². The fraction of sp³-hybridized carbons (Fsp3) is 0.400. The minimum Gasteiger partial charge on any atom is -0.493 e. The fourth-order valence-corrected chi connectivity index (χ4v) is 3.24. The van der Waals surface area contributed by atoms with Gasteiger partial charge in [0.2, 0.25) is 0 Å². The first-order valence-corrected chi connectivity index (χ1v) is 8.94. The third kappa shape index (κ3) is 4.45. The van der Waals surface area contributed by atoms with Gasteiger partial charge in [-0.15, -0.1) is 0 Å². The summed E-state index contributed by atoms with van der Waals surface area (Å²) in [6.45, 7) is 0. The van der Waals surface area contributed by atoms with Crippen molar-refractivity contribution in [3.63, 3.8) is 0 Å². The van der Waals surface area contributed by atoms with Gasteiger partial charge in [-0.05, 0) is 31.0 Å². The molecule has 1 amide bonds. The molecule has 1 saturated carbocycles. The zero-order valence-electron chi connectivity index (χ0n) is 15.2. The van der Waals surface area contributed by atoms with E-state index < -0.39 is 0 Å². The van der Waals surface area contributed by atoms with E-state index in [4.69, 9.17) is 9.47 Å². The van der Waals surface area contributed by atoms with Crippen LogP contribution in [0.1, 0.15) is 42.5 Å². The highest BCUT2D eigenvalue weighted by molar-refractivity contribution is 6.04. The number of rotatable bonds is 6. The second-order valence-electron chi connectivity index (χ2n) is 6.47. The molecule has 1 aliphatic carbocycles. The van der Waals surface area contributed by atoms with Gasteiger partial charge in [-0.3, -0.25) is 9.78 Å². The molecule has 6 heteroatoms. The summed E-state index contributed by atoms with van der Waals surface area (Å²) in [6, 6.07) is 7.58. The first-order chi connectivity index (χ1) is 12.7. The molecule has 1 aromatic carbocycles. The van der Waals surface area contributed by atoms with Crippen molar-refractivity contribution in [2.24, 2.45) is 0 Å². The Hall–Kier alpha value is -2.76. The number of ether oxygens (including phenoxy) is 2. The maximum Gasteiger partial charge on any atom is 0.257 e. The van der Waals surface area contributed by atoms with E-state index in [9.17, 15) is 4.79 Å². The van der Waals surface area contributed by atoms with Crippen molar-refractivity contribution < 1.29 is 14.3 Å². The van der Waals surface area contributed by atoms with E-state index in [1.807, 2.05) is 6.07 Å². The van der Waals surface area contributed by atoms with E-state index in [0.29, 0.717) is 28.8 Å². The van der Waals surface area contributed by atoms with Crippen molar-refractivity contribution in [2.45, 2.75) is 38.1 Å². The molecule has 0 radical (unpaired) electrons. The molecular formula is C20H25N3O3. The van der Waals surface area contributed by atoms with Gasteiger partial charge in [0.05, 0.1) is 25.5 Å². The summed E-state index contributed by atoms with van der Waals surface area (Å²) >= 11 is 0. The summed E-state index contributed by atoms with van der Waals surface area (Å²) in [5, 5.41) is 6.37. The van der Waals surface area contributed by atoms with Crippen molar-refractivity contribution in [1.29, 1.82) is 0 Å². The highest BCUT2D eigenvalue weighted by Gasteiger charge is 2.14. The van der Waals surface area contributed by atoms with Gasteiger partial charge in [-0.25, -0.2) is 0 Å². The summed E-state index contributed by atoms with van der Waals surface area (Å²) in [5.74, 6) is 0.971. The molecule has 6 nitrogen and oxygen atoms in total. The van der Waals surface area contributed by atoms with Crippen LogP contribution in [0, 0.1) is 0 Å². The number of hydrogen-bond donors (Lipinski definition) is 2. The van der Waals surface area contributed by atoms with Crippen LogP contribution in [0.5, 0.6) is 11.5 Å². The molecule has 1 aliphatic rings. The number of methoxy groups -OCH3 is 2. The van der Waals surface area contributed by atoms with Crippen LogP contribution in [0.4, 0.5) is 11.4 Å². The predicted octanol–water partition coefficient (Wildman–Crippen LogP) is 4.10. The number of nitrogens with zero attached hydrogens (tertiary/aromatic N) is 1. The minimum atomic E-state index is -0.211. The quantitative estimate of drug-likeness (QED) is 0.816. The third-order valence-electron chi connectivity index (χ3n) is 4.62. The van der Waals surface area contributed by atoms with E-state index in [1.54, 1.807) is 44.8 Å². The number of nitrogens with one attached hydrogen (secondary N) is 2. The smallest absolute Gasteiger partial charge is 0.257 e. The van der Waals surface area contributed by atoms with Crippen LogP contribution in [0.3, 0.4) is 0 Å².